The Labute approximate surface area is 197 Å². The van der Waals surface area contributed by atoms with Crippen LogP contribution < -0.4 is 0 Å². The van der Waals surface area contributed by atoms with Crippen molar-refractivity contribution in [2.75, 3.05) is 33.9 Å². The van der Waals surface area contributed by atoms with Gasteiger partial charge in [0.15, 0.2) is 5.79 Å². The van der Waals surface area contributed by atoms with Crippen molar-refractivity contribution in [1.82, 2.24) is 4.90 Å². The Morgan fingerprint density at radius 2 is 1.58 bits per heavy atom. The van der Waals surface area contributed by atoms with E-state index in [1.54, 1.807) is 0 Å². The molecule has 4 nitrogen and oxygen atoms in total. The van der Waals surface area contributed by atoms with E-state index in [-0.39, 0.29) is 5.54 Å². The number of benzene rings is 2. The molecule has 0 amide bonds. The van der Waals surface area contributed by atoms with Crippen LogP contribution in [-0.4, -0.2) is 50.1 Å². The molecule has 4 heteroatoms. The van der Waals surface area contributed by atoms with Crippen molar-refractivity contribution >= 4 is 11.1 Å². The van der Waals surface area contributed by atoms with Gasteiger partial charge < -0.3 is 14.2 Å². The van der Waals surface area contributed by atoms with Crippen LogP contribution in [0.5, 0.6) is 0 Å². The van der Waals surface area contributed by atoms with Crippen molar-refractivity contribution in [3.8, 4) is 0 Å². The molecule has 1 heterocycles. The quantitative estimate of drug-likeness (QED) is 0.542. The van der Waals surface area contributed by atoms with Crippen LogP contribution in [0, 0.1) is 5.92 Å². The number of hydrogen-bond donors (Lipinski definition) is 0. The predicted octanol–water partition coefficient (Wildman–Crippen LogP) is 5.77. The minimum atomic E-state index is -0.431. The summed E-state index contributed by atoms with van der Waals surface area (Å²) >= 11 is 0. The number of hydrogen-bond acceptors (Lipinski definition) is 4. The molecule has 1 aliphatic heterocycles. The van der Waals surface area contributed by atoms with Crippen molar-refractivity contribution in [2.24, 2.45) is 5.92 Å². The Kier molecular flexibility index (Phi) is 6.17. The third-order valence-corrected chi connectivity index (χ3v) is 7.56. The van der Waals surface area contributed by atoms with Crippen molar-refractivity contribution in [3.05, 3.63) is 83.6 Å². The number of allylic oxidation sites excluding steroid dienone is 1. The van der Waals surface area contributed by atoms with Crippen molar-refractivity contribution in [3.63, 3.8) is 0 Å². The first-order chi connectivity index (χ1) is 16.1. The molecule has 174 valence electrons. The molecule has 0 aromatic heterocycles. The topological polar surface area (TPSA) is 30.9 Å². The summed E-state index contributed by atoms with van der Waals surface area (Å²) in [4.78, 5) is 2.37. The van der Waals surface area contributed by atoms with Gasteiger partial charge in [-0.2, -0.15) is 0 Å². The van der Waals surface area contributed by atoms with Crippen LogP contribution in [0.15, 0.2) is 72.5 Å². The van der Waals surface area contributed by atoms with E-state index in [0.29, 0.717) is 25.7 Å². The zero-order valence-electron chi connectivity index (χ0n) is 20.0. The highest BCUT2D eigenvalue weighted by Gasteiger charge is 2.53. The van der Waals surface area contributed by atoms with Gasteiger partial charge in [-0.1, -0.05) is 60.7 Å². The third kappa shape index (κ3) is 3.84. The van der Waals surface area contributed by atoms with E-state index in [4.69, 9.17) is 14.2 Å². The van der Waals surface area contributed by atoms with Gasteiger partial charge in [-0.05, 0) is 63.1 Å². The maximum absolute atomic E-state index is 6.32. The van der Waals surface area contributed by atoms with E-state index in [0.717, 1.165) is 31.4 Å². The first kappa shape index (κ1) is 22.4. The average Bonchev–Trinajstić information content (AvgIpc) is 3.55. The van der Waals surface area contributed by atoms with Crippen molar-refractivity contribution < 1.29 is 14.2 Å². The van der Waals surface area contributed by atoms with Crippen LogP contribution >= 0.6 is 0 Å². The molecule has 2 unspecified atom stereocenters. The molecule has 2 fully saturated rings. The van der Waals surface area contributed by atoms with Gasteiger partial charge in [0.25, 0.3) is 0 Å². The highest BCUT2D eigenvalue weighted by atomic mass is 16.7. The first-order valence-corrected chi connectivity index (χ1v) is 12.3. The Bertz CT molecular complexity index is 1020. The van der Waals surface area contributed by atoms with Crippen LogP contribution in [0.3, 0.4) is 0 Å². The highest BCUT2D eigenvalue weighted by molar-refractivity contribution is 6.05. The maximum Gasteiger partial charge on any atom is 0.171 e. The monoisotopic (exact) mass is 445 g/mol. The van der Waals surface area contributed by atoms with E-state index in [1.165, 1.54) is 22.3 Å². The summed E-state index contributed by atoms with van der Waals surface area (Å²) in [6.45, 7) is 4.09. The van der Waals surface area contributed by atoms with Gasteiger partial charge >= 0.3 is 0 Å². The molecule has 1 saturated carbocycles. The Balaban J connectivity index is 1.70. The summed E-state index contributed by atoms with van der Waals surface area (Å²) in [7, 11) is 4.38. The molecular weight excluding hydrogens is 410 g/mol. The average molecular weight is 446 g/mol. The minimum Gasteiger partial charge on any atom is -0.493 e. The summed E-state index contributed by atoms with van der Waals surface area (Å²) in [5, 5.41) is 0. The molecule has 5 rings (SSSR count). The lowest BCUT2D eigenvalue weighted by atomic mass is 9.76. The molecule has 2 aromatic rings. The van der Waals surface area contributed by atoms with Gasteiger partial charge in [0, 0.05) is 17.9 Å². The number of likely N-dealkylation sites (N-methyl/N-ethyl adjacent to an activating group) is 1. The molecular formula is C29H35NO3. The zero-order chi connectivity index (χ0) is 22.9. The molecule has 1 saturated heterocycles. The molecule has 0 radical (unpaired) electrons. The summed E-state index contributed by atoms with van der Waals surface area (Å²) in [6.07, 6.45) is 6.54. The van der Waals surface area contributed by atoms with Gasteiger partial charge in [0.2, 0.25) is 0 Å². The lowest BCUT2D eigenvalue weighted by Gasteiger charge is -2.42. The van der Waals surface area contributed by atoms with E-state index >= 15 is 0 Å². The summed E-state index contributed by atoms with van der Waals surface area (Å²) in [5.74, 6) is 0.867. The Hall–Kier alpha value is -2.40. The van der Waals surface area contributed by atoms with E-state index in [9.17, 15) is 0 Å². The van der Waals surface area contributed by atoms with E-state index < -0.39 is 5.79 Å². The van der Waals surface area contributed by atoms with Crippen LogP contribution in [-0.2, 0) is 14.2 Å². The van der Waals surface area contributed by atoms with Crippen molar-refractivity contribution in [2.45, 2.75) is 43.9 Å². The Morgan fingerprint density at radius 1 is 0.939 bits per heavy atom. The molecule has 2 atom stereocenters. The van der Waals surface area contributed by atoms with Gasteiger partial charge in [-0.3, -0.25) is 4.90 Å². The lowest BCUT2D eigenvalue weighted by molar-refractivity contribution is -0.185. The van der Waals surface area contributed by atoms with Crippen LogP contribution in [0.25, 0.3) is 11.1 Å². The first-order valence-electron chi connectivity index (χ1n) is 12.3. The van der Waals surface area contributed by atoms with E-state index in [1.807, 2.05) is 0 Å². The standard InChI is InChI=1S/C29H35NO3/c1-4-31-25-21-28(30(2)3,20-24-16-11-17-29(24)32-18-19-33-29)27(23-14-9-6-10-15-23)26(25)22-12-7-5-8-13-22/h5-10,12-15,21,24H,4,11,16-20H2,1-3H3. The summed E-state index contributed by atoms with van der Waals surface area (Å²) in [6, 6.07) is 21.5. The second-order valence-corrected chi connectivity index (χ2v) is 9.54. The molecule has 0 bridgehead atoms. The molecule has 3 aliphatic rings. The molecule has 33 heavy (non-hydrogen) atoms. The Morgan fingerprint density at radius 3 is 2.18 bits per heavy atom. The second-order valence-electron chi connectivity index (χ2n) is 9.54. The van der Waals surface area contributed by atoms with Crippen molar-refractivity contribution in [1.29, 1.82) is 0 Å². The summed E-state index contributed by atoms with van der Waals surface area (Å²) in [5.41, 5.74) is 4.60. The summed E-state index contributed by atoms with van der Waals surface area (Å²) < 4.78 is 18.9. The van der Waals surface area contributed by atoms with Crippen LogP contribution in [0.4, 0.5) is 0 Å². The molecule has 2 aliphatic carbocycles. The fraction of sp³-hybridized carbons (Fsp3) is 0.448. The molecule has 2 aromatic carbocycles. The third-order valence-electron chi connectivity index (χ3n) is 7.56. The molecule has 1 spiro atoms. The zero-order valence-corrected chi connectivity index (χ0v) is 20.0. The second kappa shape index (κ2) is 9.09. The lowest BCUT2D eigenvalue weighted by Crippen LogP contribution is -2.48. The SMILES string of the molecule is CCOC1=CC(CC2CCCC23OCCO3)(N(C)C)C(c2ccccc2)=C1c1ccccc1. The fourth-order valence-electron chi connectivity index (χ4n) is 6.06. The minimum absolute atomic E-state index is 0.325. The largest absolute Gasteiger partial charge is 0.493 e. The maximum atomic E-state index is 6.32. The van der Waals surface area contributed by atoms with Crippen LogP contribution in [0.1, 0.15) is 43.7 Å². The number of nitrogens with zero attached hydrogens (tertiary/aromatic N) is 1. The smallest absolute Gasteiger partial charge is 0.171 e. The van der Waals surface area contributed by atoms with Crippen LogP contribution in [0.2, 0.25) is 0 Å². The van der Waals surface area contributed by atoms with Gasteiger partial charge in [-0.15, -0.1) is 0 Å². The van der Waals surface area contributed by atoms with Gasteiger partial charge in [-0.25, -0.2) is 0 Å². The van der Waals surface area contributed by atoms with E-state index in [2.05, 4.69) is 92.7 Å². The fourth-order valence-corrected chi connectivity index (χ4v) is 6.06. The highest BCUT2D eigenvalue weighted by Crippen LogP contribution is 2.54. The number of rotatable bonds is 7. The number of ether oxygens (including phenoxy) is 3. The predicted molar refractivity (Wildman–Crippen MR) is 132 cm³/mol. The van der Waals surface area contributed by atoms with Gasteiger partial charge in [0.05, 0.1) is 25.4 Å². The molecule has 0 N–H and O–H groups in total. The normalized spacial score (nSPS) is 26.4. The van der Waals surface area contributed by atoms with Gasteiger partial charge in [0.1, 0.15) is 5.76 Å².